The molecule has 0 aliphatic heterocycles. The summed E-state index contributed by atoms with van der Waals surface area (Å²) in [5.41, 5.74) is 2.61. The van der Waals surface area contributed by atoms with Gasteiger partial charge in [-0.25, -0.2) is 0 Å². The molecule has 2 nitrogen and oxygen atoms in total. The molecule has 1 N–H and O–H groups in total. The van der Waals surface area contributed by atoms with E-state index in [1.54, 1.807) is 0 Å². The quantitative estimate of drug-likeness (QED) is 0.606. The van der Waals surface area contributed by atoms with Gasteiger partial charge in [-0.05, 0) is 30.4 Å². The lowest BCUT2D eigenvalue weighted by molar-refractivity contribution is -0.125. The summed E-state index contributed by atoms with van der Waals surface area (Å²) in [5, 5.41) is 3.17. The summed E-state index contributed by atoms with van der Waals surface area (Å²) in [6, 6.07) is 21.1. The highest BCUT2D eigenvalue weighted by Gasteiger charge is 2.17. The Labute approximate surface area is 152 Å². The van der Waals surface area contributed by atoms with Gasteiger partial charge in [0.2, 0.25) is 5.91 Å². The van der Waals surface area contributed by atoms with Gasteiger partial charge in [0.25, 0.3) is 0 Å². The minimum Gasteiger partial charge on any atom is -0.356 e. The molecule has 0 heterocycles. The van der Waals surface area contributed by atoms with Gasteiger partial charge >= 0.3 is 0 Å². The van der Waals surface area contributed by atoms with Crippen LogP contribution >= 0.6 is 0 Å². The molecule has 0 unspecified atom stereocenters. The largest absolute Gasteiger partial charge is 0.356 e. The van der Waals surface area contributed by atoms with Crippen molar-refractivity contribution in [2.24, 2.45) is 5.92 Å². The van der Waals surface area contributed by atoms with Gasteiger partial charge in [-0.1, -0.05) is 87.4 Å². The van der Waals surface area contributed by atoms with Crippen molar-refractivity contribution < 1.29 is 4.79 Å². The lowest BCUT2D eigenvalue weighted by atomic mass is 9.88. The van der Waals surface area contributed by atoms with Crippen molar-refractivity contribution in [2.45, 2.75) is 51.9 Å². The van der Waals surface area contributed by atoms with Gasteiger partial charge in [-0.3, -0.25) is 4.79 Å². The fourth-order valence-corrected chi connectivity index (χ4v) is 3.35. The molecule has 0 radical (unpaired) electrons. The van der Waals surface area contributed by atoms with Crippen LogP contribution in [0.15, 0.2) is 60.7 Å². The molecule has 2 aromatic carbocycles. The van der Waals surface area contributed by atoms with E-state index in [0.717, 1.165) is 38.6 Å². The second-order valence-corrected chi connectivity index (χ2v) is 6.70. The van der Waals surface area contributed by atoms with Crippen molar-refractivity contribution >= 4 is 5.91 Å². The molecule has 134 valence electrons. The number of amides is 1. The number of benzene rings is 2. The molecule has 0 bridgehead atoms. The maximum Gasteiger partial charge on any atom is 0.223 e. The molecule has 0 fully saturated rings. The second-order valence-electron chi connectivity index (χ2n) is 6.70. The molecular formula is C23H31NO. The summed E-state index contributed by atoms with van der Waals surface area (Å²) in [7, 11) is 0. The average Bonchev–Trinajstić information content (AvgIpc) is 2.67. The lowest BCUT2D eigenvalue weighted by Gasteiger charge is -2.20. The Morgan fingerprint density at radius 1 is 0.880 bits per heavy atom. The summed E-state index contributed by atoms with van der Waals surface area (Å²) in [5.74, 6) is 0.695. The summed E-state index contributed by atoms with van der Waals surface area (Å²) >= 11 is 0. The minimum atomic E-state index is 0.159. The third kappa shape index (κ3) is 6.04. The molecule has 0 spiro atoms. The first kappa shape index (κ1) is 19.2. The Bertz CT molecular complexity index is 569. The van der Waals surface area contributed by atoms with Crippen LogP contribution in [0.3, 0.4) is 0 Å². The molecule has 2 rings (SSSR count). The fourth-order valence-electron chi connectivity index (χ4n) is 3.35. The number of hydrogen-bond acceptors (Lipinski definition) is 1. The molecular weight excluding hydrogens is 306 g/mol. The molecule has 2 heteroatoms. The van der Waals surface area contributed by atoms with E-state index in [4.69, 9.17) is 0 Å². The number of nitrogens with one attached hydrogen (secondary N) is 1. The summed E-state index contributed by atoms with van der Waals surface area (Å²) in [6.07, 6.45) is 5.12. The highest BCUT2D eigenvalue weighted by Crippen LogP contribution is 2.27. The van der Waals surface area contributed by atoms with Gasteiger partial charge in [0.15, 0.2) is 0 Å². The highest BCUT2D eigenvalue weighted by atomic mass is 16.1. The van der Waals surface area contributed by atoms with E-state index in [-0.39, 0.29) is 11.8 Å². The van der Waals surface area contributed by atoms with Crippen LogP contribution in [0, 0.1) is 5.92 Å². The van der Waals surface area contributed by atoms with Crippen LogP contribution in [-0.2, 0) is 4.79 Å². The Hall–Kier alpha value is -2.09. The Balaban J connectivity index is 1.98. The van der Waals surface area contributed by atoms with Crippen LogP contribution in [-0.4, -0.2) is 12.5 Å². The van der Waals surface area contributed by atoms with E-state index in [1.807, 2.05) is 12.1 Å². The molecule has 1 amide bonds. The molecule has 0 aliphatic carbocycles. The monoisotopic (exact) mass is 337 g/mol. The first-order valence-corrected chi connectivity index (χ1v) is 9.63. The number of unbranched alkanes of at least 4 members (excludes halogenated alkanes) is 1. The van der Waals surface area contributed by atoms with Gasteiger partial charge in [-0.15, -0.1) is 0 Å². The van der Waals surface area contributed by atoms with Crippen molar-refractivity contribution in [1.82, 2.24) is 5.32 Å². The standard InChI is InChI=1S/C23H31NO/c1-3-5-12-19(4-2)23(25)24-18-17-22(20-13-8-6-9-14-20)21-15-10-7-11-16-21/h6-11,13-16,19,22H,3-5,12,17-18H2,1-2H3,(H,24,25)/t19-/m1/s1. The van der Waals surface area contributed by atoms with E-state index in [9.17, 15) is 4.79 Å². The van der Waals surface area contributed by atoms with Crippen molar-refractivity contribution in [3.63, 3.8) is 0 Å². The maximum absolute atomic E-state index is 12.4. The minimum absolute atomic E-state index is 0.159. The van der Waals surface area contributed by atoms with Crippen LogP contribution in [0.5, 0.6) is 0 Å². The van der Waals surface area contributed by atoms with Crippen molar-refractivity contribution in [3.05, 3.63) is 71.8 Å². The first-order valence-electron chi connectivity index (χ1n) is 9.63. The zero-order chi connectivity index (χ0) is 17.9. The molecule has 0 aromatic heterocycles. The van der Waals surface area contributed by atoms with Gasteiger partial charge in [0, 0.05) is 18.4 Å². The Morgan fingerprint density at radius 3 is 1.92 bits per heavy atom. The molecule has 0 saturated heterocycles. The molecule has 0 saturated carbocycles. The van der Waals surface area contributed by atoms with Crippen molar-refractivity contribution in [1.29, 1.82) is 0 Å². The molecule has 2 aromatic rings. The number of hydrogen-bond donors (Lipinski definition) is 1. The maximum atomic E-state index is 12.4. The number of carbonyl (C=O) groups is 1. The van der Waals surface area contributed by atoms with Crippen LogP contribution in [0.2, 0.25) is 0 Å². The number of carbonyl (C=O) groups excluding carboxylic acids is 1. The lowest BCUT2D eigenvalue weighted by Crippen LogP contribution is -2.32. The van der Waals surface area contributed by atoms with Gasteiger partial charge in [0.1, 0.15) is 0 Å². The second kappa shape index (κ2) is 10.7. The predicted molar refractivity (Wildman–Crippen MR) is 106 cm³/mol. The molecule has 0 aliphatic rings. The van der Waals surface area contributed by atoms with Crippen LogP contribution in [0.25, 0.3) is 0 Å². The third-order valence-corrected chi connectivity index (χ3v) is 4.91. The average molecular weight is 338 g/mol. The molecule has 1 atom stereocenters. The summed E-state index contributed by atoms with van der Waals surface area (Å²) in [4.78, 5) is 12.4. The zero-order valence-electron chi connectivity index (χ0n) is 15.6. The number of rotatable bonds is 10. The van der Waals surface area contributed by atoms with E-state index in [2.05, 4.69) is 67.7 Å². The topological polar surface area (TPSA) is 29.1 Å². The van der Waals surface area contributed by atoms with Gasteiger partial charge < -0.3 is 5.32 Å². The normalized spacial score (nSPS) is 12.1. The molecule has 25 heavy (non-hydrogen) atoms. The fraction of sp³-hybridized carbons (Fsp3) is 0.435. The van der Waals surface area contributed by atoms with Crippen LogP contribution in [0.1, 0.15) is 63.0 Å². The predicted octanol–water partition coefficient (Wildman–Crippen LogP) is 5.54. The smallest absolute Gasteiger partial charge is 0.223 e. The first-order chi connectivity index (χ1) is 12.3. The van der Waals surface area contributed by atoms with Gasteiger partial charge in [-0.2, -0.15) is 0 Å². The zero-order valence-corrected chi connectivity index (χ0v) is 15.6. The van der Waals surface area contributed by atoms with Gasteiger partial charge in [0.05, 0.1) is 0 Å². The Morgan fingerprint density at radius 2 is 1.44 bits per heavy atom. The van der Waals surface area contributed by atoms with Crippen LogP contribution < -0.4 is 5.32 Å². The third-order valence-electron chi connectivity index (χ3n) is 4.91. The van der Waals surface area contributed by atoms with E-state index in [0.29, 0.717) is 5.92 Å². The highest BCUT2D eigenvalue weighted by molar-refractivity contribution is 5.78. The van der Waals surface area contributed by atoms with E-state index < -0.39 is 0 Å². The van der Waals surface area contributed by atoms with E-state index >= 15 is 0 Å². The van der Waals surface area contributed by atoms with Crippen molar-refractivity contribution in [2.75, 3.05) is 6.54 Å². The van der Waals surface area contributed by atoms with Crippen LogP contribution in [0.4, 0.5) is 0 Å². The summed E-state index contributed by atoms with van der Waals surface area (Å²) in [6.45, 7) is 5.00. The van der Waals surface area contributed by atoms with E-state index in [1.165, 1.54) is 11.1 Å². The Kier molecular flexibility index (Phi) is 8.24. The van der Waals surface area contributed by atoms with Crippen molar-refractivity contribution in [3.8, 4) is 0 Å². The summed E-state index contributed by atoms with van der Waals surface area (Å²) < 4.78 is 0. The SMILES string of the molecule is CCCC[C@@H](CC)C(=O)NCCC(c1ccccc1)c1ccccc1.